The Morgan fingerprint density at radius 2 is 1.69 bits per heavy atom. The number of nitrogens with zero attached hydrogens (tertiary/aromatic N) is 1. The second-order valence-corrected chi connectivity index (χ2v) is 16.4. The van der Waals surface area contributed by atoms with Gasteiger partial charge in [-0.3, -0.25) is 9.59 Å². The highest BCUT2D eigenvalue weighted by Crippen LogP contribution is 2.71. The van der Waals surface area contributed by atoms with E-state index in [1.54, 1.807) is 0 Å². The predicted molar refractivity (Wildman–Crippen MR) is 164 cm³/mol. The smallest absolute Gasteiger partial charge is 0.229 e. The van der Waals surface area contributed by atoms with Crippen molar-refractivity contribution in [2.45, 2.75) is 123 Å². The molecule has 0 aromatic carbocycles. The molecule has 12 atom stereocenters. The summed E-state index contributed by atoms with van der Waals surface area (Å²) in [7, 11) is 4.05. The molecular formula is C35H59N3O4. The molecule has 2 aliphatic heterocycles. The van der Waals surface area contributed by atoms with E-state index >= 15 is 0 Å². The zero-order valence-electron chi connectivity index (χ0n) is 27.4. The third-order valence-corrected chi connectivity index (χ3v) is 13.7. The molecule has 7 nitrogen and oxygen atoms in total. The Kier molecular flexibility index (Phi) is 8.54. The van der Waals surface area contributed by atoms with E-state index in [1.165, 1.54) is 44.9 Å². The van der Waals surface area contributed by atoms with Crippen LogP contribution in [0.1, 0.15) is 105 Å². The molecule has 2 N–H and O–H groups in total. The molecule has 2 amide bonds. The van der Waals surface area contributed by atoms with Crippen molar-refractivity contribution in [2.24, 2.45) is 52.3 Å². The van der Waals surface area contributed by atoms with Gasteiger partial charge in [0.05, 0.1) is 12.7 Å². The lowest BCUT2D eigenvalue weighted by Gasteiger charge is -2.61. The largest absolute Gasteiger partial charge is 0.356 e. The molecule has 0 aromatic heterocycles. The normalized spacial score (nSPS) is 47.8. The van der Waals surface area contributed by atoms with Gasteiger partial charge in [0.15, 0.2) is 5.79 Å². The second kappa shape index (κ2) is 11.6. The first kappa shape index (κ1) is 30.8. The number of hydrogen-bond donors (Lipinski definition) is 2. The molecule has 2 saturated heterocycles. The number of carbonyl (C=O) groups excluding carboxylic acids is 2. The summed E-state index contributed by atoms with van der Waals surface area (Å²) in [5.41, 5.74) is 0.728. The summed E-state index contributed by atoms with van der Waals surface area (Å²) in [4.78, 5) is 27.1. The average Bonchev–Trinajstić information content (AvgIpc) is 3.38. The first-order valence-electron chi connectivity index (χ1n) is 17.5. The van der Waals surface area contributed by atoms with Crippen LogP contribution in [-0.2, 0) is 19.1 Å². The van der Waals surface area contributed by atoms with Crippen molar-refractivity contribution in [2.75, 3.05) is 33.8 Å². The lowest BCUT2D eigenvalue weighted by Crippen LogP contribution is -2.56. The Bertz CT molecular complexity index is 1010. The van der Waals surface area contributed by atoms with Crippen LogP contribution >= 0.6 is 0 Å². The van der Waals surface area contributed by atoms with Crippen LogP contribution in [0.15, 0.2) is 0 Å². The van der Waals surface area contributed by atoms with Crippen molar-refractivity contribution in [3.63, 3.8) is 0 Å². The predicted octanol–water partition coefficient (Wildman–Crippen LogP) is 5.38. The molecule has 238 valence electrons. The van der Waals surface area contributed by atoms with Gasteiger partial charge in [0.1, 0.15) is 6.42 Å². The van der Waals surface area contributed by atoms with Crippen molar-refractivity contribution >= 4 is 11.8 Å². The Labute approximate surface area is 255 Å². The number of amides is 2. The Balaban J connectivity index is 1.04. The van der Waals surface area contributed by atoms with Crippen LogP contribution in [-0.4, -0.2) is 68.4 Å². The fourth-order valence-electron chi connectivity index (χ4n) is 11.5. The third-order valence-electron chi connectivity index (χ3n) is 13.7. The zero-order valence-corrected chi connectivity index (χ0v) is 27.4. The van der Waals surface area contributed by atoms with Gasteiger partial charge in [-0.25, -0.2) is 0 Å². The molecule has 0 radical (unpaired) electrons. The quantitative estimate of drug-likeness (QED) is 0.310. The molecule has 4 saturated carbocycles. The maximum absolute atomic E-state index is 12.7. The summed E-state index contributed by atoms with van der Waals surface area (Å²) in [6.45, 7) is 12.4. The Morgan fingerprint density at radius 1 is 0.905 bits per heavy atom. The van der Waals surface area contributed by atoms with E-state index in [2.05, 4.69) is 43.2 Å². The molecule has 0 aromatic rings. The van der Waals surface area contributed by atoms with Crippen LogP contribution in [0.2, 0.25) is 0 Å². The molecule has 6 aliphatic rings. The van der Waals surface area contributed by atoms with E-state index in [1.807, 2.05) is 14.1 Å². The molecule has 4 aliphatic carbocycles. The van der Waals surface area contributed by atoms with Crippen molar-refractivity contribution in [3.8, 4) is 0 Å². The minimum atomic E-state index is -0.327. The molecule has 1 spiro atoms. The summed E-state index contributed by atoms with van der Waals surface area (Å²) in [6.07, 6.45) is 13.3. The van der Waals surface area contributed by atoms with Gasteiger partial charge in [-0.2, -0.15) is 0 Å². The lowest BCUT2D eigenvalue weighted by atomic mass is 9.44. The summed E-state index contributed by atoms with van der Waals surface area (Å²) in [6, 6.07) is 0.206. The SMILES string of the molecule is C[C@@H]1CC[C@@]2(OC1)O[C@H]1C[C@H]3[C@@H]4CC[C@@H]5CC(NC(=O)CC(=O)NCCCN(C)C)CC[C@]5(C)[C@H]4CC[C@]3(C)[C@H]1[C@@H]2C. The van der Waals surface area contributed by atoms with Crippen molar-refractivity contribution in [1.29, 1.82) is 0 Å². The molecular weight excluding hydrogens is 526 g/mol. The fraction of sp³-hybridized carbons (Fsp3) is 0.943. The van der Waals surface area contributed by atoms with Gasteiger partial charge in [-0.05, 0) is 131 Å². The molecule has 1 unspecified atom stereocenters. The van der Waals surface area contributed by atoms with Gasteiger partial charge in [-0.15, -0.1) is 0 Å². The minimum Gasteiger partial charge on any atom is -0.356 e. The van der Waals surface area contributed by atoms with Gasteiger partial charge in [-0.1, -0.05) is 27.7 Å². The number of hydrogen-bond acceptors (Lipinski definition) is 5. The van der Waals surface area contributed by atoms with Crippen LogP contribution in [0.5, 0.6) is 0 Å². The Morgan fingerprint density at radius 3 is 2.43 bits per heavy atom. The van der Waals surface area contributed by atoms with Gasteiger partial charge in [0.25, 0.3) is 0 Å². The van der Waals surface area contributed by atoms with E-state index in [-0.39, 0.29) is 30.1 Å². The molecule has 2 heterocycles. The summed E-state index contributed by atoms with van der Waals surface area (Å²) in [5.74, 6) is 4.17. The molecule has 42 heavy (non-hydrogen) atoms. The topological polar surface area (TPSA) is 79.9 Å². The maximum atomic E-state index is 12.7. The molecule has 0 bridgehead atoms. The first-order valence-corrected chi connectivity index (χ1v) is 17.5. The van der Waals surface area contributed by atoms with Crippen LogP contribution in [0.25, 0.3) is 0 Å². The number of carbonyl (C=O) groups is 2. The van der Waals surface area contributed by atoms with E-state index in [0.717, 1.165) is 56.6 Å². The number of ether oxygens (including phenoxy) is 2. The zero-order chi connectivity index (χ0) is 29.9. The molecule has 7 heteroatoms. The van der Waals surface area contributed by atoms with Gasteiger partial charge in [0.2, 0.25) is 11.8 Å². The van der Waals surface area contributed by atoms with E-state index < -0.39 is 0 Å². The van der Waals surface area contributed by atoms with Crippen LogP contribution in [0, 0.1) is 52.3 Å². The van der Waals surface area contributed by atoms with Crippen molar-refractivity contribution < 1.29 is 19.1 Å². The summed E-state index contributed by atoms with van der Waals surface area (Å²) < 4.78 is 13.5. The van der Waals surface area contributed by atoms with Crippen LogP contribution < -0.4 is 10.6 Å². The molecule has 6 fully saturated rings. The van der Waals surface area contributed by atoms with E-state index in [9.17, 15) is 9.59 Å². The van der Waals surface area contributed by atoms with Crippen LogP contribution in [0.3, 0.4) is 0 Å². The van der Waals surface area contributed by atoms with Crippen molar-refractivity contribution in [3.05, 3.63) is 0 Å². The number of rotatable bonds is 7. The highest BCUT2D eigenvalue weighted by Gasteiger charge is 2.69. The number of nitrogens with one attached hydrogen (secondary N) is 2. The third kappa shape index (κ3) is 5.36. The Hall–Kier alpha value is -1.18. The van der Waals surface area contributed by atoms with E-state index in [0.29, 0.717) is 47.2 Å². The average molecular weight is 586 g/mol. The fourth-order valence-corrected chi connectivity index (χ4v) is 11.5. The maximum Gasteiger partial charge on any atom is 0.229 e. The summed E-state index contributed by atoms with van der Waals surface area (Å²) in [5, 5.41) is 6.15. The monoisotopic (exact) mass is 585 g/mol. The van der Waals surface area contributed by atoms with Crippen molar-refractivity contribution in [1.82, 2.24) is 15.5 Å². The summed E-state index contributed by atoms with van der Waals surface area (Å²) >= 11 is 0. The lowest BCUT2D eigenvalue weighted by molar-refractivity contribution is -0.273. The number of fused-ring (bicyclic) bond motifs is 7. The van der Waals surface area contributed by atoms with Gasteiger partial charge < -0.3 is 25.0 Å². The van der Waals surface area contributed by atoms with Gasteiger partial charge in [0, 0.05) is 24.9 Å². The highest BCUT2D eigenvalue weighted by atomic mass is 16.7. The second-order valence-electron chi connectivity index (χ2n) is 16.4. The minimum absolute atomic E-state index is 0.0560. The highest BCUT2D eigenvalue weighted by molar-refractivity contribution is 5.96. The standard InChI is InChI=1S/C35H59N3O4/c1-22-10-15-35(41-21-22)23(2)32-29(42-35)19-28-26-9-8-24-18-25(11-13-33(24,3)27(26)12-14-34(28,32)4)37-31(40)20-30(39)36-16-7-17-38(5)6/h22-29,32H,7-21H2,1-6H3,(H,36,39)(H,37,40)/t22-,23+,24-,25?,26-,27+,28+,29+,32+,33+,34+,35-/m1/s1. The van der Waals surface area contributed by atoms with E-state index in [4.69, 9.17) is 9.47 Å². The van der Waals surface area contributed by atoms with Gasteiger partial charge >= 0.3 is 0 Å². The molecule has 6 rings (SSSR count). The first-order chi connectivity index (χ1) is 19.9. The van der Waals surface area contributed by atoms with Crippen LogP contribution in [0.4, 0.5) is 0 Å².